The summed E-state index contributed by atoms with van der Waals surface area (Å²) in [5, 5.41) is 3.10. The highest BCUT2D eigenvalue weighted by atomic mass is 35.5. The van der Waals surface area contributed by atoms with Crippen LogP contribution in [-0.4, -0.2) is 32.2 Å². The fraction of sp³-hybridized carbons (Fsp3) is 0.462. The van der Waals surface area contributed by atoms with Crippen LogP contribution in [-0.2, 0) is 0 Å². The van der Waals surface area contributed by atoms with Crippen LogP contribution in [0.2, 0.25) is 5.02 Å². The zero-order valence-corrected chi connectivity index (χ0v) is 13.3. The number of amides is 1. The van der Waals surface area contributed by atoms with Gasteiger partial charge in [-0.2, -0.15) is 0 Å². The summed E-state index contributed by atoms with van der Waals surface area (Å²) in [6.07, 6.45) is 0. The van der Waals surface area contributed by atoms with E-state index in [1.807, 2.05) is 13.8 Å². The molecule has 0 saturated heterocycles. The van der Waals surface area contributed by atoms with Crippen molar-refractivity contribution < 1.29 is 14.3 Å². The molecule has 20 heavy (non-hydrogen) atoms. The van der Waals surface area contributed by atoms with Gasteiger partial charge >= 0.3 is 0 Å². The molecule has 114 valence electrons. The molecule has 0 aliphatic heterocycles. The first-order chi connectivity index (χ1) is 9.03. The third-order valence-corrected chi connectivity index (χ3v) is 2.79. The summed E-state index contributed by atoms with van der Waals surface area (Å²) in [4.78, 5) is 12.0. The molecule has 1 amide bonds. The highest BCUT2D eigenvalue weighted by Crippen LogP contribution is 2.36. The number of carbonyl (C=O) groups excluding carboxylic acids is 1. The summed E-state index contributed by atoms with van der Waals surface area (Å²) in [6, 6.07) is 3.03. The number of rotatable bonds is 6. The Morgan fingerprint density at radius 2 is 2.15 bits per heavy atom. The second-order valence-corrected chi connectivity index (χ2v) is 4.44. The minimum atomic E-state index is -0.249. The van der Waals surface area contributed by atoms with Gasteiger partial charge in [-0.25, -0.2) is 0 Å². The van der Waals surface area contributed by atoms with Crippen molar-refractivity contribution in [1.29, 1.82) is 0 Å². The molecule has 1 aromatic carbocycles. The Morgan fingerprint density at radius 1 is 1.50 bits per heavy atom. The van der Waals surface area contributed by atoms with Gasteiger partial charge in [-0.3, -0.25) is 4.79 Å². The van der Waals surface area contributed by atoms with E-state index < -0.39 is 0 Å². The summed E-state index contributed by atoms with van der Waals surface area (Å²) in [6.45, 7) is 4.50. The Labute approximate surface area is 130 Å². The Kier molecular flexibility index (Phi) is 8.37. The van der Waals surface area contributed by atoms with E-state index in [9.17, 15) is 4.79 Å². The number of methoxy groups -OCH3 is 1. The van der Waals surface area contributed by atoms with Gasteiger partial charge in [0.1, 0.15) is 0 Å². The minimum absolute atomic E-state index is 0. The molecule has 0 radical (unpaired) electrons. The molecule has 0 bridgehead atoms. The van der Waals surface area contributed by atoms with E-state index >= 15 is 0 Å². The predicted molar refractivity (Wildman–Crippen MR) is 82.4 cm³/mol. The van der Waals surface area contributed by atoms with Crippen molar-refractivity contribution >= 4 is 29.9 Å². The number of nitrogens with two attached hydrogens (primary N) is 1. The molecule has 0 aromatic heterocycles. The fourth-order valence-electron chi connectivity index (χ4n) is 1.50. The standard InChI is InChI=1S/C13H19ClN2O3.ClH/c1-4-19-12-10(14)5-9(6-11(12)18-3)13(17)16-8(2)7-15;/h5-6,8H,4,7,15H2,1-3H3,(H,16,17);1H/t8-;/m0./s1. The number of benzene rings is 1. The second-order valence-electron chi connectivity index (χ2n) is 4.03. The zero-order valence-electron chi connectivity index (χ0n) is 11.7. The summed E-state index contributed by atoms with van der Waals surface area (Å²) < 4.78 is 10.6. The van der Waals surface area contributed by atoms with Gasteiger partial charge in [-0.15, -0.1) is 12.4 Å². The number of halogens is 2. The van der Waals surface area contributed by atoms with E-state index in [1.54, 1.807) is 12.1 Å². The molecule has 7 heteroatoms. The van der Waals surface area contributed by atoms with Gasteiger partial charge in [0.05, 0.1) is 18.7 Å². The van der Waals surface area contributed by atoms with Crippen molar-refractivity contribution in [2.75, 3.05) is 20.3 Å². The maximum Gasteiger partial charge on any atom is 0.251 e. The van der Waals surface area contributed by atoms with E-state index in [0.717, 1.165) is 0 Å². The van der Waals surface area contributed by atoms with Crippen LogP contribution in [0.25, 0.3) is 0 Å². The Morgan fingerprint density at radius 3 is 2.65 bits per heavy atom. The van der Waals surface area contributed by atoms with Crippen LogP contribution < -0.4 is 20.5 Å². The normalized spacial score (nSPS) is 11.2. The Balaban J connectivity index is 0.00000361. The first kappa shape index (κ1) is 18.8. The molecule has 0 aliphatic carbocycles. The van der Waals surface area contributed by atoms with Crippen molar-refractivity contribution in [2.45, 2.75) is 19.9 Å². The van der Waals surface area contributed by atoms with Crippen LogP contribution in [0, 0.1) is 0 Å². The first-order valence-corrected chi connectivity index (χ1v) is 6.42. The van der Waals surface area contributed by atoms with Crippen molar-refractivity contribution in [1.82, 2.24) is 5.32 Å². The molecule has 1 aromatic rings. The van der Waals surface area contributed by atoms with Crippen LogP contribution >= 0.6 is 24.0 Å². The minimum Gasteiger partial charge on any atom is -0.493 e. The molecule has 0 aliphatic rings. The highest BCUT2D eigenvalue weighted by molar-refractivity contribution is 6.32. The molecule has 0 unspecified atom stereocenters. The maximum atomic E-state index is 12.0. The van der Waals surface area contributed by atoms with E-state index in [1.165, 1.54) is 7.11 Å². The zero-order chi connectivity index (χ0) is 14.4. The molecule has 0 spiro atoms. The predicted octanol–water partition coefficient (Wildman–Crippen LogP) is 2.25. The summed E-state index contributed by atoms with van der Waals surface area (Å²) in [5.74, 6) is 0.621. The number of nitrogens with one attached hydrogen (secondary N) is 1. The van der Waals surface area contributed by atoms with Gasteiger partial charge in [-0.1, -0.05) is 11.6 Å². The van der Waals surface area contributed by atoms with Gasteiger partial charge in [0.15, 0.2) is 11.5 Å². The van der Waals surface area contributed by atoms with Crippen LogP contribution in [0.5, 0.6) is 11.5 Å². The van der Waals surface area contributed by atoms with Crippen molar-refractivity contribution in [3.63, 3.8) is 0 Å². The quantitative estimate of drug-likeness (QED) is 0.842. The molecular weight excluding hydrogens is 303 g/mol. The molecule has 5 nitrogen and oxygen atoms in total. The number of hydrogen-bond donors (Lipinski definition) is 2. The lowest BCUT2D eigenvalue weighted by molar-refractivity contribution is 0.0941. The Bertz CT molecular complexity index is 455. The van der Waals surface area contributed by atoms with Crippen LogP contribution in [0.3, 0.4) is 0 Å². The molecule has 1 atom stereocenters. The van der Waals surface area contributed by atoms with Gasteiger partial charge in [0, 0.05) is 18.2 Å². The van der Waals surface area contributed by atoms with Crippen molar-refractivity contribution in [3.05, 3.63) is 22.7 Å². The lowest BCUT2D eigenvalue weighted by Crippen LogP contribution is -2.37. The van der Waals surface area contributed by atoms with E-state index in [-0.39, 0.29) is 24.4 Å². The van der Waals surface area contributed by atoms with Gasteiger partial charge in [0.2, 0.25) is 0 Å². The largest absolute Gasteiger partial charge is 0.493 e. The van der Waals surface area contributed by atoms with E-state index in [4.69, 9.17) is 26.8 Å². The molecule has 0 fully saturated rings. The van der Waals surface area contributed by atoms with Crippen LogP contribution in [0.1, 0.15) is 24.2 Å². The van der Waals surface area contributed by atoms with Gasteiger partial charge < -0.3 is 20.5 Å². The molecular formula is C13H20Cl2N2O3. The molecule has 3 N–H and O–H groups in total. The number of hydrogen-bond acceptors (Lipinski definition) is 4. The van der Waals surface area contributed by atoms with Crippen LogP contribution in [0.15, 0.2) is 12.1 Å². The molecule has 0 saturated carbocycles. The van der Waals surface area contributed by atoms with Crippen LogP contribution in [0.4, 0.5) is 0 Å². The smallest absolute Gasteiger partial charge is 0.251 e. The summed E-state index contributed by atoms with van der Waals surface area (Å²) >= 11 is 6.10. The maximum absolute atomic E-state index is 12.0. The highest BCUT2D eigenvalue weighted by Gasteiger charge is 2.16. The van der Waals surface area contributed by atoms with Gasteiger partial charge in [-0.05, 0) is 26.0 Å². The average molecular weight is 323 g/mol. The molecule has 1 rings (SSSR count). The lowest BCUT2D eigenvalue weighted by atomic mass is 10.1. The third kappa shape index (κ3) is 4.74. The van der Waals surface area contributed by atoms with Gasteiger partial charge in [0.25, 0.3) is 5.91 Å². The third-order valence-electron chi connectivity index (χ3n) is 2.51. The fourth-order valence-corrected chi connectivity index (χ4v) is 1.77. The van der Waals surface area contributed by atoms with Crippen molar-refractivity contribution in [2.24, 2.45) is 5.73 Å². The monoisotopic (exact) mass is 322 g/mol. The van der Waals surface area contributed by atoms with E-state index in [2.05, 4.69) is 5.32 Å². The summed E-state index contributed by atoms with van der Waals surface area (Å²) in [5.41, 5.74) is 5.87. The molecule has 0 heterocycles. The SMILES string of the molecule is CCOc1c(Cl)cc(C(=O)N[C@@H](C)CN)cc1OC.Cl. The van der Waals surface area contributed by atoms with Crippen molar-refractivity contribution in [3.8, 4) is 11.5 Å². The number of ether oxygens (including phenoxy) is 2. The summed E-state index contributed by atoms with van der Waals surface area (Å²) in [7, 11) is 1.50. The topological polar surface area (TPSA) is 73.6 Å². The first-order valence-electron chi connectivity index (χ1n) is 6.04. The van der Waals surface area contributed by atoms with E-state index in [0.29, 0.717) is 35.2 Å². The number of carbonyl (C=O) groups is 1. The lowest BCUT2D eigenvalue weighted by Gasteiger charge is -2.15. The second kappa shape index (κ2) is 8.89. The Hall–Kier alpha value is -1.17. The average Bonchev–Trinajstić information content (AvgIpc) is 2.40.